The third-order valence-electron chi connectivity index (χ3n) is 6.86. The molecule has 0 N–H and O–H groups in total. The molecular weight excluding hydrogens is 510 g/mol. The fourth-order valence-corrected chi connectivity index (χ4v) is 9.66. The molecule has 0 aliphatic carbocycles. The summed E-state index contributed by atoms with van der Waals surface area (Å²) < 4.78 is 47.7. The zero-order valence-corrected chi connectivity index (χ0v) is 25.3. The Hall–Kier alpha value is -2.70. The quantitative estimate of drug-likeness (QED) is 0.237. The molecule has 0 aromatic heterocycles. The monoisotopic (exact) mass is 551 g/mol. The predicted molar refractivity (Wildman–Crippen MR) is 160 cm³/mol. The molecule has 3 rings (SSSR count). The Morgan fingerprint density at radius 2 is 1.21 bits per heavy atom. The molecule has 1 unspecified atom stereocenters. The first kappa shape index (κ1) is 29.9. The van der Waals surface area contributed by atoms with Crippen molar-refractivity contribution in [3.05, 3.63) is 107 Å². The second-order valence-electron chi connectivity index (χ2n) is 11.0. The largest absolute Gasteiger partial charge is 0.290 e. The lowest BCUT2D eigenvalue weighted by atomic mass is 9.89. The van der Waals surface area contributed by atoms with E-state index >= 15 is 0 Å². The Labute approximate surface area is 230 Å². The van der Waals surface area contributed by atoms with Gasteiger partial charge < -0.3 is 0 Å². The number of hydrogen-bond donors (Lipinski definition) is 0. The van der Waals surface area contributed by atoms with E-state index in [1.54, 1.807) is 24.3 Å². The normalized spacial score (nSPS) is 14.5. The van der Waals surface area contributed by atoms with E-state index in [1.165, 1.54) is 0 Å². The minimum absolute atomic E-state index is 0.0215. The van der Waals surface area contributed by atoms with Crippen LogP contribution in [-0.2, 0) is 19.8 Å². The van der Waals surface area contributed by atoms with Crippen LogP contribution in [-0.4, -0.2) is 18.4 Å². The number of sulfonamides is 1. The molecule has 0 bridgehead atoms. The number of rotatable bonds is 10. The molecule has 0 amide bonds. The molecule has 3 aromatic carbocycles. The maximum Gasteiger partial charge on any atom is 0.290 e. The molecule has 38 heavy (non-hydrogen) atoms. The number of allylic oxidation sites excluding steroid dienone is 1. The fraction of sp³-hybridized carbons (Fsp3) is 0.375. The summed E-state index contributed by atoms with van der Waals surface area (Å²) in [7, 11) is -7.69. The second-order valence-corrected chi connectivity index (χ2v) is 15.0. The molecule has 4 nitrogen and oxygen atoms in total. The molecule has 0 saturated heterocycles. The molecule has 3 aromatic rings. The van der Waals surface area contributed by atoms with Crippen molar-refractivity contribution in [1.29, 1.82) is 0 Å². The first-order chi connectivity index (χ1) is 17.8. The maximum absolute atomic E-state index is 14.8. The van der Waals surface area contributed by atoms with Crippen LogP contribution in [0.5, 0.6) is 0 Å². The van der Waals surface area contributed by atoms with E-state index in [9.17, 15) is 12.6 Å². The highest BCUT2D eigenvalue weighted by Gasteiger charge is 2.31. The van der Waals surface area contributed by atoms with Crippen LogP contribution in [0.3, 0.4) is 0 Å². The lowest BCUT2D eigenvalue weighted by Gasteiger charge is -2.23. The minimum Gasteiger partial charge on any atom is -0.244 e. The van der Waals surface area contributed by atoms with Gasteiger partial charge in [0.15, 0.2) is 0 Å². The topological polar surface area (TPSA) is 63.6 Å². The van der Waals surface area contributed by atoms with Crippen LogP contribution < -0.4 is 0 Å². The smallest absolute Gasteiger partial charge is 0.244 e. The van der Waals surface area contributed by atoms with E-state index in [-0.39, 0.29) is 34.3 Å². The van der Waals surface area contributed by atoms with Crippen LogP contribution in [0.4, 0.5) is 0 Å². The standard InChI is InChI=1S/C32H41NO3S2/c1-22(2)27-19-29(23(3)4)32(30(20-27)24(5)6)38(35,36)33-37(34,28-17-13-10-14-18-28)21-31(25(7)8)26-15-11-9-12-16-26/h9-20,22-24,31H,7,21H2,1-6,8H3/t31-,37?/m0/s1. The van der Waals surface area contributed by atoms with E-state index in [0.29, 0.717) is 4.90 Å². The molecule has 0 heterocycles. The van der Waals surface area contributed by atoms with Gasteiger partial charge in [0, 0.05) is 16.6 Å². The van der Waals surface area contributed by atoms with Crippen molar-refractivity contribution in [2.24, 2.45) is 3.77 Å². The lowest BCUT2D eigenvalue weighted by molar-refractivity contribution is 0.592. The van der Waals surface area contributed by atoms with E-state index in [0.717, 1.165) is 27.8 Å². The van der Waals surface area contributed by atoms with E-state index < -0.39 is 19.8 Å². The van der Waals surface area contributed by atoms with Gasteiger partial charge in [-0.25, -0.2) is 4.21 Å². The first-order valence-electron chi connectivity index (χ1n) is 13.2. The molecule has 2 atom stereocenters. The van der Waals surface area contributed by atoms with Gasteiger partial charge in [0.2, 0.25) is 0 Å². The van der Waals surface area contributed by atoms with Crippen LogP contribution in [0.2, 0.25) is 0 Å². The Kier molecular flexibility index (Phi) is 9.43. The summed E-state index contributed by atoms with van der Waals surface area (Å²) in [5.74, 6) is -0.152. The molecule has 0 aliphatic rings. The third kappa shape index (κ3) is 6.65. The summed E-state index contributed by atoms with van der Waals surface area (Å²) >= 11 is 0. The van der Waals surface area contributed by atoms with Gasteiger partial charge in [-0.05, 0) is 59.1 Å². The van der Waals surface area contributed by atoms with Crippen molar-refractivity contribution in [3.63, 3.8) is 0 Å². The van der Waals surface area contributed by atoms with Crippen LogP contribution in [0.25, 0.3) is 0 Å². The molecule has 204 valence electrons. The average Bonchev–Trinajstić information content (AvgIpc) is 2.87. The highest BCUT2D eigenvalue weighted by atomic mass is 32.3. The zero-order chi connectivity index (χ0) is 28.3. The fourth-order valence-electron chi connectivity index (χ4n) is 4.62. The lowest BCUT2D eigenvalue weighted by Crippen LogP contribution is -2.19. The predicted octanol–water partition coefficient (Wildman–Crippen LogP) is 8.63. The summed E-state index contributed by atoms with van der Waals surface area (Å²) in [4.78, 5) is 0.601. The summed E-state index contributed by atoms with van der Waals surface area (Å²) in [6.45, 7) is 18.2. The molecule has 0 radical (unpaired) electrons. The summed E-state index contributed by atoms with van der Waals surface area (Å²) in [5, 5.41) is 0. The van der Waals surface area contributed by atoms with E-state index in [1.807, 2.05) is 83.1 Å². The highest BCUT2D eigenvalue weighted by Crippen LogP contribution is 2.37. The molecule has 6 heteroatoms. The third-order valence-corrected chi connectivity index (χ3v) is 11.4. The van der Waals surface area contributed by atoms with Crippen molar-refractivity contribution in [3.8, 4) is 0 Å². The first-order valence-corrected chi connectivity index (χ1v) is 16.3. The zero-order valence-electron chi connectivity index (χ0n) is 23.6. The van der Waals surface area contributed by atoms with Gasteiger partial charge in [0.25, 0.3) is 10.0 Å². The second kappa shape index (κ2) is 12.0. The summed E-state index contributed by atoms with van der Waals surface area (Å²) in [6, 6.07) is 22.4. The van der Waals surface area contributed by atoms with Gasteiger partial charge in [0.05, 0.1) is 14.6 Å². The Morgan fingerprint density at radius 1 is 0.737 bits per heavy atom. The molecule has 0 saturated carbocycles. The molecule has 0 spiro atoms. The van der Waals surface area contributed by atoms with Gasteiger partial charge in [-0.2, -0.15) is 8.42 Å². The molecule has 0 aliphatic heterocycles. The average molecular weight is 552 g/mol. The van der Waals surface area contributed by atoms with Crippen LogP contribution in [0, 0.1) is 0 Å². The van der Waals surface area contributed by atoms with E-state index in [4.69, 9.17) is 0 Å². The number of nitrogens with zero attached hydrogens (tertiary/aromatic N) is 1. The van der Waals surface area contributed by atoms with Crippen molar-refractivity contribution < 1.29 is 12.6 Å². The van der Waals surface area contributed by atoms with Gasteiger partial charge in [-0.1, -0.05) is 114 Å². The van der Waals surface area contributed by atoms with Crippen LogP contribution >= 0.6 is 0 Å². The summed E-state index contributed by atoms with van der Waals surface area (Å²) in [5.41, 5.74) is 4.27. The van der Waals surface area contributed by atoms with Crippen LogP contribution in [0.15, 0.2) is 98.5 Å². The SMILES string of the molecule is C=C(C)[C@H](CS(=O)(=NS(=O)(=O)c1c(C(C)C)cc(C(C)C)cc1C(C)C)c1ccccc1)c1ccccc1. The van der Waals surface area contributed by atoms with Crippen LogP contribution in [0.1, 0.15) is 94.4 Å². The van der Waals surface area contributed by atoms with Crippen molar-refractivity contribution in [1.82, 2.24) is 0 Å². The molecule has 0 fully saturated rings. The maximum atomic E-state index is 14.8. The van der Waals surface area contributed by atoms with Gasteiger partial charge in [-0.3, -0.25) is 0 Å². The van der Waals surface area contributed by atoms with Crippen molar-refractivity contribution in [2.75, 3.05) is 5.75 Å². The Bertz CT molecular complexity index is 1470. The summed E-state index contributed by atoms with van der Waals surface area (Å²) in [6.07, 6.45) is 0. The van der Waals surface area contributed by atoms with Crippen molar-refractivity contribution >= 4 is 19.8 Å². The minimum atomic E-state index is -4.29. The highest BCUT2D eigenvalue weighted by molar-refractivity contribution is 8.03. The van der Waals surface area contributed by atoms with Gasteiger partial charge in [0.1, 0.15) is 0 Å². The van der Waals surface area contributed by atoms with Gasteiger partial charge in [-0.15, -0.1) is 3.77 Å². The number of hydrogen-bond acceptors (Lipinski definition) is 3. The Balaban J connectivity index is 2.35. The Morgan fingerprint density at radius 3 is 1.63 bits per heavy atom. The van der Waals surface area contributed by atoms with Crippen molar-refractivity contribution in [2.45, 2.75) is 81.9 Å². The number of benzene rings is 3. The van der Waals surface area contributed by atoms with Gasteiger partial charge >= 0.3 is 0 Å². The molecular formula is C32H41NO3S2. The van der Waals surface area contributed by atoms with E-state index in [2.05, 4.69) is 24.2 Å².